The second-order valence-electron chi connectivity index (χ2n) is 5.38. The number of methoxy groups -OCH3 is 1. The van der Waals surface area contributed by atoms with Crippen LogP contribution in [0.25, 0.3) is 0 Å². The zero-order valence-electron chi connectivity index (χ0n) is 12.5. The Balaban J connectivity index is 2.04. The van der Waals surface area contributed by atoms with Crippen molar-refractivity contribution in [1.82, 2.24) is 4.90 Å². The van der Waals surface area contributed by atoms with Gasteiger partial charge in [0.2, 0.25) is 5.91 Å². The van der Waals surface area contributed by atoms with Crippen molar-refractivity contribution in [1.29, 1.82) is 0 Å². The summed E-state index contributed by atoms with van der Waals surface area (Å²) in [6.45, 7) is 4.87. The lowest BCUT2D eigenvalue weighted by Gasteiger charge is -2.25. The summed E-state index contributed by atoms with van der Waals surface area (Å²) in [5, 5.41) is 0. The average Bonchev–Trinajstić information content (AvgIpc) is 2.94. The number of ether oxygens (including phenoxy) is 2. The largest absolute Gasteiger partial charge is 0.497 e. The minimum Gasteiger partial charge on any atom is -0.497 e. The van der Waals surface area contributed by atoms with Crippen LogP contribution in [0.15, 0.2) is 24.3 Å². The molecule has 1 aliphatic heterocycles. The summed E-state index contributed by atoms with van der Waals surface area (Å²) >= 11 is 0. The standard InChI is InChI=1S/C16H23NO3/c1-12(2)20-11-16(18)17-10-4-5-15(17)13-6-8-14(19-3)9-7-13/h6-9,12,15H,4-5,10-11H2,1-3H3. The van der Waals surface area contributed by atoms with E-state index in [9.17, 15) is 4.79 Å². The van der Waals surface area contributed by atoms with E-state index in [1.807, 2.05) is 43.0 Å². The van der Waals surface area contributed by atoms with E-state index < -0.39 is 0 Å². The molecule has 1 aliphatic rings. The number of benzene rings is 1. The summed E-state index contributed by atoms with van der Waals surface area (Å²) in [7, 11) is 1.66. The highest BCUT2D eigenvalue weighted by atomic mass is 16.5. The van der Waals surface area contributed by atoms with Gasteiger partial charge in [-0.2, -0.15) is 0 Å². The maximum absolute atomic E-state index is 12.2. The lowest BCUT2D eigenvalue weighted by atomic mass is 10.0. The topological polar surface area (TPSA) is 38.8 Å². The Hall–Kier alpha value is -1.55. The lowest BCUT2D eigenvalue weighted by molar-refractivity contribution is -0.138. The number of nitrogens with zero attached hydrogens (tertiary/aromatic N) is 1. The fraction of sp³-hybridized carbons (Fsp3) is 0.562. The third kappa shape index (κ3) is 3.51. The Kier molecular flexibility index (Phi) is 5.01. The van der Waals surface area contributed by atoms with E-state index in [1.165, 1.54) is 5.56 Å². The zero-order valence-corrected chi connectivity index (χ0v) is 12.5. The molecular formula is C16H23NO3. The van der Waals surface area contributed by atoms with Crippen molar-refractivity contribution in [2.45, 2.75) is 38.8 Å². The normalized spacial score (nSPS) is 18.6. The van der Waals surface area contributed by atoms with Gasteiger partial charge in [-0.1, -0.05) is 12.1 Å². The molecule has 1 aromatic carbocycles. The van der Waals surface area contributed by atoms with E-state index >= 15 is 0 Å². The molecule has 1 fully saturated rings. The van der Waals surface area contributed by atoms with E-state index in [0.717, 1.165) is 25.1 Å². The van der Waals surface area contributed by atoms with Crippen molar-refractivity contribution in [3.8, 4) is 5.75 Å². The Morgan fingerprint density at radius 2 is 2.05 bits per heavy atom. The summed E-state index contributed by atoms with van der Waals surface area (Å²) in [6, 6.07) is 8.14. The molecule has 1 unspecified atom stereocenters. The molecule has 0 bridgehead atoms. The Labute approximate surface area is 120 Å². The summed E-state index contributed by atoms with van der Waals surface area (Å²) in [5.41, 5.74) is 1.17. The molecule has 1 saturated heterocycles. The highest BCUT2D eigenvalue weighted by molar-refractivity contribution is 5.78. The predicted octanol–water partition coefficient (Wildman–Crippen LogP) is 2.78. The van der Waals surface area contributed by atoms with Crippen LogP contribution in [0, 0.1) is 0 Å². The minimum absolute atomic E-state index is 0.0806. The molecule has 0 aliphatic carbocycles. The fourth-order valence-corrected chi connectivity index (χ4v) is 2.56. The maximum Gasteiger partial charge on any atom is 0.249 e. The smallest absolute Gasteiger partial charge is 0.249 e. The molecule has 0 N–H and O–H groups in total. The Morgan fingerprint density at radius 1 is 1.35 bits per heavy atom. The zero-order chi connectivity index (χ0) is 14.5. The number of carbonyl (C=O) groups excluding carboxylic acids is 1. The highest BCUT2D eigenvalue weighted by Gasteiger charge is 2.29. The van der Waals surface area contributed by atoms with Crippen LogP contribution in [0.2, 0.25) is 0 Å². The van der Waals surface area contributed by atoms with Crippen molar-refractivity contribution in [2.75, 3.05) is 20.3 Å². The Morgan fingerprint density at radius 3 is 2.65 bits per heavy atom. The number of amides is 1. The van der Waals surface area contributed by atoms with Crippen LogP contribution in [0.1, 0.15) is 38.3 Å². The molecule has 1 aromatic rings. The van der Waals surface area contributed by atoms with E-state index in [-0.39, 0.29) is 24.7 Å². The maximum atomic E-state index is 12.2. The van der Waals surface area contributed by atoms with Crippen molar-refractivity contribution in [3.05, 3.63) is 29.8 Å². The number of hydrogen-bond acceptors (Lipinski definition) is 3. The van der Waals surface area contributed by atoms with Gasteiger partial charge in [-0.15, -0.1) is 0 Å². The van der Waals surface area contributed by atoms with Crippen LogP contribution >= 0.6 is 0 Å². The van der Waals surface area contributed by atoms with Crippen molar-refractivity contribution >= 4 is 5.91 Å². The van der Waals surface area contributed by atoms with Gasteiger partial charge in [0, 0.05) is 6.54 Å². The fourth-order valence-electron chi connectivity index (χ4n) is 2.56. The van der Waals surface area contributed by atoms with Crippen molar-refractivity contribution < 1.29 is 14.3 Å². The molecule has 4 heteroatoms. The second kappa shape index (κ2) is 6.75. The van der Waals surface area contributed by atoms with Gasteiger partial charge in [-0.3, -0.25) is 4.79 Å². The first-order chi connectivity index (χ1) is 9.61. The van der Waals surface area contributed by atoms with E-state index in [2.05, 4.69) is 0 Å². The molecule has 20 heavy (non-hydrogen) atoms. The molecule has 1 atom stereocenters. The molecule has 110 valence electrons. The van der Waals surface area contributed by atoms with Gasteiger partial charge in [-0.25, -0.2) is 0 Å². The summed E-state index contributed by atoms with van der Waals surface area (Å²) < 4.78 is 10.6. The summed E-state index contributed by atoms with van der Waals surface area (Å²) in [5.74, 6) is 0.921. The average molecular weight is 277 g/mol. The molecular weight excluding hydrogens is 254 g/mol. The van der Waals surface area contributed by atoms with Gasteiger partial charge < -0.3 is 14.4 Å². The molecule has 0 saturated carbocycles. The first-order valence-electron chi connectivity index (χ1n) is 7.17. The van der Waals surface area contributed by atoms with E-state index in [1.54, 1.807) is 7.11 Å². The molecule has 0 aromatic heterocycles. The number of rotatable bonds is 5. The van der Waals surface area contributed by atoms with Crippen molar-refractivity contribution in [3.63, 3.8) is 0 Å². The first-order valence-corrected chi connectivity index (χ1v) is 7.17. The minimum atomic E-state index is 0.0806. The quantitative estimate of drug-likeness (QED) is 0.830. The first kappa shape index (κ1) is 14.9. The van der Waals surface area contributed by atoms with E-state index in [4.69, 9.17) is 9.47 Å². The molecule has 1 heterocycles. The third-order valence-corrected chi connectivity index (χ3v) is 3.61. The monoisotopic (exact) mass is 277 g/mol. The SMILES string of the molecule is COc1ccc(C2CCCN2C(=O)COC(C)C)cc1. The van der Waals surface area contributed by atoms with Gasteiger partial charge >= 0.3 is 0 Å². The van der Waals surface area contributed by atoms with Crippen LogP contribution in [0.5, 0.6) is 5.75 Å². The molecule has 0 spiro atoms. The molecule has 2 rings (SSSR count). The van der Waals surface area contributed by atoms with Crippen LogP contribution < -0.4 is 4.74 Å². The number of carbonyl (C=O) groups is 1. The van der Waals surface area contributed by atoms with Crippen LogP contribution in [-0.4, -0.2) is 37.2 Å². The number of likely N-dealkylation sites (tertiary alicyclic amines) is 1. The van der Waals surface area contributed by atoms with Crippen LogP contribution in [0.3, 0.4) is 0 Å². The highest BCUT2D eigenvalue weighted by Crippen LogP contribution is 2.32. The third-order valence-electron chi connectivity index (χ3n) is 3.61. The van der Waals surface area contributed by atoms with Gasteiger partial charge in [0.25, 0.3) is 0 Å². The van der Waals surface area contributed by atoms with Crippen LogP contribution in [-0.2, 0) is 9.53 Å². The van der Waals surface area contributed by atoms with Gasteiger partial charge in [0.05, 0.1) is 19.3 Å². The van der Waals surface area contributed by atoms with Gasteiger partial charge in [0.15, 0.2) is 0 Å². The van der Waals surface area contributed by atoms with Gasteiger partial charge in [0.1, 0.15) is 12.4 Å². The van der Waals surface area contributed by atoms with E-state index in [0.29, 0.717) is 0 Å². The van der Waals surface area contributed by atoms with Crippen LogP contribution in [0.4, 0.5) is 0 Å². The second-order valence-corrected chi connectivity index (χ2v) is 5.38. The summed E-state index contributed by atoms with van der Waals surface area (Å²) in [4.78, 5) is 14.2. The summed E-state index contributed by atoms with van der Waals surface area (Å²) in [6.07, 6.45) is 2.14. The van der Waals surface area contributed by atoms with Crippen molar-refractivity contribution in [2.24, 2.45) is 0 Å². The molecule has 1 amide bonds. The lowest BCUT2D eigenvalue weighted by Crippen LogP contribution is -2.34. The predicted molar refractivity (Wildman–Crippen MR) is 77.8 cm³/mol. The molecule has 0 radical (unpaired) electrons. The molecule has 4 nitrogen and oxygen atoms in total. The Bertz CT molecular complexity index is 442. The number of hydrogen-bond donors (Lipinski definition) is 0. The van der Waals surface area contributed by atoms with Gasteiger partial charge in [-0.05, 0) is 44.4 Å².